The normalized spacial score (nSPS) is 19.9. The SMILES string of the molecule is COC(=O)c1cccc(C2CCCCO2)c1O. The Morgan fingerprint density at radius 2 is 2.29 bits per heavy atom. The van der Waals surface area contributed by atoms with Crippen molar-refractivity contribution in [3.05, 3.63) is 29.3 Å². The number of aromatic hydroxyl groups is 1. The number of para-hydroxylation sites is 1. The van der Waals surface area contributed by atoms with Crippen molar-refractivity contribution in [3.63, 3.8) is 0 Å². The van der Waals surface area contributed by atoms with Gasteiger partial charge in [-0.2, -0.15) is 0 Å². The molecule has 0 spiro atoms. The second-order valence-corrected chi connectivity index (χ2v) is 4.09. The van der Waals surface area contributed by atoms with Crippen molar-refractivity contribution in [2.75, 3.05) is 13.7 Å². The quantitative estimate of drug-likeness (QED) is 0.801. The lowest BCUT2D eigenvalue weighted by Gasteiger charge is -2.24. The molecular weight excluding hydrogens is 220 g/mol. The highest BCUT2D eigenvalue weighted by Crippen LogP contribution is 2.35. The molecule has 1 aliphatic rings. The minimum absolute atomic E-state index is 0.0220. The molecule has 4 nitrogen and oxygen atoms in total. The molecule has 4 heteroatoms. The average molecular weight is 236 g/mol. The van der Waals surface area contributed by atoms with Crippen LogP contribution in [0.25, 0.3) is 0 Å². The summed E-state index contributed by atoms with van der Waals surface area (Å²) in [5, 5.41) is 10.1. The largest absolute Gasteiger partial charge is 0.507 e. The van der Waals surface area contributed by atoms with Crippen molar-refractivity contribution in [2.45, 2.75) is 25.4 Å². The maximum Gasteiger partial charge on any atom is 0.341 e. The van der Waals surface area contributed by atoms with E-state index in [0.29, 0.717) is 12.2 Å². The van der Waals surface area contributed by atoms with E-state index in [4.69, 9.17) is 4.74 Å². The van der Waals surface area contributed by atoms with E-state index in [1.165, 1.54) is 7.11 Å². The molecule has 1 heterocycles. The van der Waals surface area contributed by atoms with E-state index in [0.717, 1.165) is 19.3 Å². The summed E-state index contributed by atoms with van der Waals surface area (Å²) in [6, 6.07) is 5.07. The Balaban J connectivity index is 2.31. The number of hydrogen-bond donors (Lipinski definition) is 1. The third kappa shape index (κ3) is 2.42. The summed E-state index contributed by atoms with van der Waals surface area (Å²) in [6.07, 6.45) is 2.88. The van der Waals surface area contributed by atoms with Crippen LogP contribution in [-0.4, -0.2) is 24.8 Å². The maximum absolute atomic E-state index is 11.4. The van der Waals surface area contributed by atoms with Gasteiger partial charge in [0.15, 0.2) is 0 Å². The molecule has 1 N–H and O–H groups in total. The Kier molecular flexibility index (Phi) is 3.64. The van der Waals surface area contributed by atoms with Gasteiger partial charge in [0.1, 0.15) is 11.3 Å². The van der Waals surface area contributed by atoms with Crippen molar-refractivity contribution < 1.29 is 19.4 Å². The number of carbonyl (C=O) groups excluding carboxylic acids is 1. The summed E-state index contributed by atoms with van der Waals surface area (Å²) in [6.45, 7) is 0.701. The topological polar surface area (TPSA) is 55.8 Å². The molecule has 0 aromatic heterocycles. The van der Waals surface area contributed by atoms with Gasteiger partial charge in [0.05, 0.1) is 13.2 Å². The minimum Gasteiger partial charge on any atom is -0.507 e. The smallest absolute Gasteiger partial charge is 0.341 e. The highest BCUT2D eigenvalue weighted by atomic mass is 16.5. The van der Waals surface area contributed by atoms with Crippen LogP contribution >= 0.6 is 0 Å². The molecule has 1 aromatic rings. The van der Waals surface area contributed by atoms with Crippen molar-refractivity contribution in [1.82, 2.24) is 0 Å². The molecule has 0 bridgehead atoms. The predicted octanol–water partition coefficient (Wildman–Crippen LogP) is 2.42. The third-order valence-corrected chi connectivity index (χ3v) is 3.00. The zero-order valence-electron chi connectivity index (χ0n) is 9.81. The Hall–Kier alpha value is -1.55. The van der Waals surface area contributed by atoms with E-state index in [2.05, 4.69) is 4.74 Å². The second kappa shape index (κ2) is 5.19. The monoisotopic (exact) mass is 236 g/mol. The summed E-state index contributed by atoms with van der Waals surface area (Å²) in [5.74, 6) is -0.550. The van der Waals surface area contributed by atoms with Crippen molar-refractivity contribution in [1.29, 1.82) is 0 Å². The Morgan fingerprint density at radius 1 is 1.47 bits per heavy atom. The van der Waals surface area contributed by atoms with Gasteiger partial charge < -0.3 is 14.6 Å². The number of methoxy groups -OCH3 is 1. The van der Waals surface area contributed by atoms with Crippen LogP contribution in [0.3, 0.4) is 0 Å². The second-order valence-electron chi connectivity index (χ2n) is 4.09. The first kappa shape index (κ1) is 11.9. The van der Waals surface area contributed by atoms with E-state index in [-0.39, 0.29) is 17.4 Å². The number of phenols is 1. The molecular formula is C13H16O4. The summed E-state index contributed by atoms with van der Waals surface area (Å²) in [5.41, 5.74) is 0.867. The van der Waals surface area contributed by atoms with Crippen LogP contribution in [0.5, 0.6) is 5.75 Å². The number of ether oxygens (including phenoxy) is 2. The molecule has 0 saturated carbocycles. The molecule has 2 rings (SSSR count). The van der Waals surface area contributed by atoms with Crippen LogP contribution in [0.2, 0.25) is 0 Å². The summed E-state index contributed by atoms with van der Waals surface area (Å²) in [7, 11) is 1.30. The zero-order chi connectivity index (χ0) is 12.3. The lowest BCUT2D eigenvalue weighted by molar-refractivity contribution is 0.0135. The fourth-order valence-electron chi connectivity index (χ4n) is 2.08. The number of rotatable bonds is 2. The fraction of sp³-hybridized carbons (Fsp3) is 0.462. The molecule has 0 radical (unpaired) electrons. The first-order valence-electron chi connectivity index (χ1n) is 5.76. The molecule has 0 aliphatic carbocycles. The highest BCUT2D eigenvalue weighted by Gasteiger charge is 2.22. The summed E-state index contributed by atoms with van der Waals surface area (Å²) >= 11 is 0. The lowest BCUT2D eigenvalue weighted by Crippen LogP contribution is -2.13. The fourth-order valence-corrected chi connectivity index (χ4v) is 2.08. The van der Waals surface area contributed by atoms with E-state index >= 15 is 0 Å². The lowest BCUT2D eigenvalue weighted by atomic mass is 9.98. The van der Waals surface area contributed by atoms with Crippen LogP contribution in [0, 0.1) is 0 Å². The minimum atomic E-state index is -0.528. The first-order valence-corrected chi connectivity index (χ1v) is 5.76. The van der Waals surface area contributed by atoms with Crippen molar-refractivity contribution >= 4 is 5.97 Å². The molecule has 1 unspecified atom stereocenters. The Bertz CT molecular complexity index is 408. The zero-order valence-corrected chi connectivity index (χ0v) is 9.81. The number of carbonyl (C=O) groups is 1. The van der Waals surface area contributed by atoms with Gasteiger partial charge in [-0.15, -0.1) is 0 Å². The van der Waals surface area contributed by atoms with Gasteiger partial charge in [0.2, 0.25) is 0 Å². The molecule has 17 heavy (non-hydrogen) atoms. The van der Waals surface area contributed by atoms with E-state index in [1.54, 1.807) is 18.2 Å². The maximum atomic E-state index is 11.4. The molecule has 1 aromatic carbocycles. The van der Waals surface area contributed by atoms with Crippen LogP contribution in [0.1, 0.15) is 41.3 Å². The van der Waals surface area contributed by atoms with Gasteiger partial charge in [-0.25, -0.2) is 4.79 Å². The molecule has 1 fully saturated rings. The van der Waals surface area contributed by atoms with E-state index in [1.807, 2.05) is 0 Å². The molecule has 1 saturated heterocycles. The third-order valence-electron chi connectivity index (χ3n) is 3.00. The first-order chi connectivity index (χ1) is 8.24. The molecule has 92 valence electrons. The predicted molar refractivity (Wildman–Crippen MR) is 62.0 cm³/mol. The highest BCUT2D eigenvalue weighted by molar-refractivity contribution is 5.92. The number of esters is 1. The van der Waals surface area contributed by atoms with Crippen LogP contribution < -0.4 is 0 Å². The summed E-state index contributed by atoms with van der Waals surface area (Å²) < 4.78 is 10.2. The number of hydrogen-bond acceptors (Lipinski definition) is 4. The molecule has 1 atom stereocenters. The van der Waals surface area contributed by atoms with E-state index < -0.39 is 5.97 Å². The summed E-state index contributed by atoms with van der Waals surface area (Å²) in [4.78, 5) is 11.4. The Morgan fingerprint density at radius 3 is 2.94 bits per heavy atom. The van der Waals surface area contributed by atoms with Crippen molar-refractivity contribution in [3.8, 4) is 5.75 Å². The van der Waals surface area contributed by atoms with Gasteiger partial charge in [-0.3, -0.25) is 0 Å². The number of benzene rings is 1. The van der Waals surface area contributed by atoms with Gasteiger partial charge in [0, 0.05) is 12.2 Å². The standard InChI is InChI=1S/C13H16O4/c1-16-13(15)10-6-4-5-9(12(10)14)11-7-2-3-8-17-11/h4-6,11,14H,2-3,7-8H2,1H3. The number of phenolic OH excluding ortho intramolecular Hbond substituents is 1. The van der Waals surface area contributed by atoms with Gasteiger partial charge in [-0.05, 0) is 25.3 Å². The van der Waals surface area contributed by atoms with Crippen LogP contribution in [-0.2, 0) is 9.47 Å². The van der Waals surface area contributed by atoms with Crippen LogP contribution in [0.4, 0.5) is 0 Å². The van der Waals surface area contributed by atoms with Gasteiger partial charge in [0.25, 0.3) is 0 Å². The average Bonchev–Trinajstić information content (AvgIpc) is 2.39. The Labute approximate surface area is 100 Å². The molecule has 1 aliphatic heterocycles. The molecule has 0 amide bonds. The van der Waals surface area contributed by atoms with Gasteiger partial charge in [-0.1, -0.05) is 12.1 Å². The van der Waals surface area contributed by atoms with Crippen LogP contribution in [0.15, 0.2) is 18.2 Å². The van der Waals surface area contributed by atoms with E-state index in [9.17, 15) is 9.90 Å². The van der Waals surface area contributed by atoms with Gasteiger partial charge >= 0.3 is 5.97 Å². The van der Waals surface area contributed by atoms with Crippen molar-refractivity contribution in [2.24, 2.45) is 0 Å².